The summed E-state index contributed by atoms with van der Waals surface area (Å²) in [7, 11) is 0. The van der Waals surface area contributed by atoms with E-state index in [4.69, 9.17) is 0 Å². The van der Waals surface area contributed by atoms with Crippen molar-refractivity contribution in [3.05, 3.63) is 43.0 Å². The van der Waals surface area contributed by atoms with Crippen LogP contribution in [0.5, 0.6) is 0 Å². The standard InChI is InChI=1S/C19H22N6/c1-2-23-13-22-17-18(23)20-12-21-19(17)25-10-14-8-24(9-15(14)11-25)16-6-4-3-5-7-16/h3-7,12-15H,2,8-11H2,1H3/t14-,15-/m0/s1. The SMILES string of the molecule is CCn1cnc2c(N3C[C@@H]4CN(c5ccccc5)C[C@H]4C3)ncnc21. The van der Waals surface area contributed by atoms with Crippen molar-refractivity contribution < 1.29 is 0 Å². The first-order chi connectivity index (χ1) is 12.3. The number of aryl methyl sites for hydroxylation is 1. The summed E-state index contributed by atoms with van der Waals surface area (Å²) in [5.74, 6) is 2.38. The van der Waals surface area contributed by atoms with Crippen molar-refractivity contribution in [1.29, 1.82) is 0 Å². The lowest BCUT2D eigenvalue weighted by molar-refractivity contribution is 0.533. The fourth-order valence-corrected chi connectivity index (χ4v) is 4.35. The highest BCUT2D eigenvalue weighted by Crippen LogP contribution is 2.36. The molecule has 0 N–H and O–H groups in total. The number of imidazole rings is 1. The van der Waals surface area contributed by atoms with Crippen LogP contribution in [-0.2, 0) is 6.54 Å². The van der Waals surface area contributed by atoms with Gasteiger partial charge in [-0.1, -0.05) is 18.2 Å². The molecule has 0 unspecified atom stereocenters. The second-order valence-corrected chi connectivity index (χ2v) is 7.07. The average Bonchev–Trinajstić information content (AvgIpc) is 3.34. The summed E-state index contributed by atoms with van der Waals surface area (Å²) in [6, 6.07) is 10.8. The van der Waals surface area contributed by atoms with E-state index >= 15 is 0 Å². The summed E-state index contributed by atoms with van der Waals surface area (Å²) in [6.07, 6.45) is 3.55. The molecule has 2 aliphatic heterocycles. The molecule has 0 aliphatic carbocycles. The second kappa shape index (κ2) is 5.72. The zero-order valence-electron chi connectivity index (χ0n) is 14.4. The van der Waals surface area contributed by atoms with Crippen LogP contribution < -0.4 is 9.80 Å². The van der Waals surface area contributed by atoms with Gasteiger partial charge in [0.2, 0.25) is 0 Å². The van der Waals surface area contributed by atoms with Gasteiger partial charge in [-0.05, 0) is 19.1 Å². The van der Waals surface area contributed by atoms with Gasteiger partial charge in [-0.15, -0.1) is 0 Å². The Morgan fingerprint density at radius 3 is 2.36 bits per heavy atom. The molecule has 1 aromatic carbocycles. The zero-order chi connectivity index (χ0) is 16.8. The van der Waals surface area contributed by atoms with Crippen LogP contribution in [-0.4, -0.2) is 45.7 Å². The van der Waals surface area contributed by atoms with E-state index in [1.165, 1.54) is 5.69 Å². The predicted octanol–water partition coefficient (Wildman–Crippen LogP) is 2.42. The fraction of sp³-hybridized carbons (Fsp3) is 0.421. The van der Waals surface area contributed by atoms with Gasteiger partial charge in [-0.2, -0.15) is 0 Å². The zero-order valence-corrected chi connectivity index (χ0v) is 14.4. The number of nitrogens with zero attached hydrogens (tertiary/aromatic N) is 6. The van der Waals surface area contributed by atoms with E-state index in [1.807, 2.05) is 6.33 Å². The van der Waals surface area contributed by atoms with E-state index in [1.54, 1.807) is 6.33 Å². The van der Waals surface area contributed by atoms with Crippen LogP contribution in [0.25, 0.3) is 11.2 Å². The molecule has 0 amide bonds. The molecule has 25 heavy (non-hydrogen) atoms. The molecule has 6 heteroatoms. The van der Waals surface area contributed by atoms with Gasteiger partial charge < -0.3 is 14.4 Å². The number of hydrogen-bond acceptors (Lipinski definition) is 5. The van der Waals surface area contributed by atoms with Crippen LogP contribution in [0.15, 0.2) is 43.0 Å². The van der Waals surface area contributed by atoms with E-state index in [-0.39, 0.29) is 0 Å². The Morgan fingerprint density at radius 1 is 0.920 bits per heavy atom. The average molecular weight is 334 g/mol. The molecule has 128 valence electrons. The second-order valence-electron chi connectivity index (χ2n) is 7.07. The van der Waals surface area contributed by atoms with Crippen molar-refractivity contribution in [2.45, 2.75) is 13.5 Å². The number of rotatable bonds is 3. The minimum Gasteiger partial charge on any atom is -0.371 e. The van der Waals surface area contributed by atoms with Crippen molar-refractivity contribution in [3.63, 3.8) is 0 Å². The van der Waals surface area contributed by atoms with E-state index < -0.39 is 0 Å². The molecule has 2 aromatic heterocycles. The predicted molar refractivity (Wildman–Crippen MR) is 98.8 cm³/mol. The van der Waals surface area contributed by atoms with Crippen LogP contribution in [0.1, 0.15) is 6.92 Å². The number of fused-ring (bicyclic) bond motifs is 2. The van der Waals surface area contributed by atoms with Gasteiger partial charge in [0.1, 0.15) is 6.33 Å². The van der Waals surface area contributed by atoms with E-state index in [9.17, 15) is 0 Å². The lowest BCUT2D eigenvalue weighted by atomic mass is 10.0. The Bertz CT molecular complexity index is 875. The first-order valence-electron chi connectivity index (χ1n) is 9.04. The van der Waals surface area contributed by atoms with Crippen LogP contribution in [0, 0.1) is 11.8 Å². The fourth-order valence-electron chi connectivity index (χ4n) is 4.35. The van der Waals surface area contributed by atoms with Crippen molar-refractivity contribution in [2.75, 3.05) is 36.0 Å². The van der Waals surface area contributed by atoms with Gasteiger partial charge >= 0.3 is 0 Å². The molecule has 0 radical (unpaired) electrons. The van der Waals surface area contributed by atoms with Gasteiger partial charge in [0.25, 0.3) is 0 Å². The molecule has 6 nitrogen and oxygen atoms in total. The van der Waals surface area contributed by atoms with Gasteiger partial charge in [0, 0.05) is 50.2 Å². The monoisotopic (exact) mass is 334 g/mol. The molecule has 2 atom stereocenters. The van der Waals surface area contributed by atoms with E-state index in [2.05, 4.69) is 66.6 Å². The van der Waals surface area contributed by atoms with Gasteiger partial charge in [-0.25, -0.2) is 15.0 Å². The Kier molecular flexibility index (Phi) is 3.36. The molecule has 0 bridgehead atoms. The molecule has 4 heterocycles. The molecular weight excluding hydrogens is 312 g/mol. The van der Waals surface area contributed by atoms with Crippen molar-refractivity contribution in [2.24, 2.45) is 11.8 Å². The summed E-state index contributed by atoms with van der Waals surface area (Å²) in [5, 5.41) is 0. The smallest absolute Gasteiger partial charge is 0.165 e. The third-order valence-electron chi connectivity index (χ3n) is 5.63. The van der Waals surface area contributed by atoms with Crippen LogP contribution in [0.2, 0.25) is 0 Å². The minimum atomic E-state index is 0.693. The van der Waals surface area contributed by atoms with Gasteiger partial charge in [-0.3, -0.25) is 0 Å². The summed E-state index contributed by atoms with van der Waals surface area (Å²) in [4.78, 5) is 18.5. The molecule has 2 aliphatic rings. The highest BCUT2D eigenvalue weighted by molar-refractivity contribution is 5.83. The Morgan fingerprint density at radius 2 is 1.64 bits per heavy atom. The van der Waals surface area contributed by atoms with Gasteiger partial charge in [0.05, 0.1) is 6.33 Å². The summed E-state index contributed by atoms with van der Waals surface area (Å²) >= 11 is 0. The summed E-state index contributed by atoms with van der Waals surface area (Å²) < 4.78 is 2.08. The van der Waals surface area contributed by atoms with E-state index in [0.29, 0.717) is 11.8 Å². The lowest BCUT2D eigenvalue weighted by Gasteiger charge is -2.23. The lowest BCUT2D eigenvalue weighted by Crippen LogP contribution is -2.29. The van der Waals surface area contributed by atoms with Crippen molar-refractivity contribution in [1.82, 2.24) is 19.5 Å². The first kappa shape index (κ1) is 14.7. The third-order valence-corrected chi connectivity index (χ3v) is 5.63. The maximum atomic E-state index is 4.58. The van der Waals surface area contributed by atoms with Gasteiger partial charge in [0.15, 0.2) is 17.0 Å². The highest BCUT2D eigenvalue weighted by atomic mass is 15.3. The molecule has 3 aromatic rings. The molecular formula is C19H22N6. The summed E-state index contributed by atoms with van der Waals surface area (Å²) in [6.45, 7) is 7.36. The number of benzene rings is 1. The Hall–Kier alpha value is -2.63. The quantitative estimate of drug-likeness (QED) is 0.736. The number of hydrogen-bond donors (Lipinski definition) is 0. The first-order valence-corrected chi connectivity index (χ1v) is 9.04. The largest absolute Gasteiger partial charge is 0.371 e. The molecule has 0 saturated carbocycles. The van der Waals surface area contributed by atoms with Crippen LogP contribution in [0.3, 0.4) is 0 Å². The maximum absolute atomic E-state index is 4.58. The highest BCUT2D eigenvalue weighted by Gasteiger charge is 2.41. The Labute approximate surface area is 147 Å². The molecule has 2 saturated heterocycles. The normalized spacial score (nSPS) is 22.8. The van der Waals surface area contributed by atoms with Crippen LogP contribution in [0.4, 0.5) is 11.5 Å². The topological polar surface area (TPSA) is 50.1 Å². The van der Waals surface area contributed by atoms with E-state index in [0.717, 1.165) is 49.7 Å². The Balaban J connectivity index is 1.37. The van der Waals surface area contributed by atoms with Crippen molar-refractivity contribution >= 4 is 22.7 Å². The van der Waals surface area contributed by atoms with Crippen LogP contribution >= 0.6 is 0 Å². The molecule has 0 spiro atoms. The maximum Gasteiger partial charge on any atom is 0.165 e. The summed E-state index contributed by atoms with van der Waals surface area (Å²) in [5.41, 5.74) is 3.22. The number of anilines is 2. The molecule has 2 fully saturated rings. The molecule has 5 rings (SSSR count). The third kappa shape index (κ3) is 2.35. The minimum absolute atomic E-state index is 0.693. The van der Waals surface area contributed by atoms with Crippen molar-refractivity contribution in [3.8, 4) is 0 Å². The number of para-hydroxylation sites is 1. The number of aromatic nitrogens is 4.